The van der Waals surface area contributed by atoms with Gasteiger partial charge in [0.25, 0.3) is 5.91 Å². The third-order valence-electron chi connectivity index (χ3n) is 1.58. The number of hydrogen-bond acceptors (Lipinski definition) is 5. The van der Waals surface area contributed by atoms with E-state index in [2.05, 4.69) is 15.0 Å². The lowest BCUT2D eigenvalue weighted by atomic mass is 10.2. The van der Waals surface area contributed by atoms with Crippen LogP contribution in [0.4, 0.5) is 5.88 Å². The van der Waals surface area contributed by atoms with Gasteiger partial charge in [0.15, 0.2) is 5.69 Å². The van der Waals surface area contributed by atoms with Crippen molar-refractivity contribution in [2.75, 3.05) is 12.3 Å². The van der Waals surface area contributed by atoms with Crippen LogP contribution in [0, 0.1) is 0 Å². The number of nitrogens with two attached hydrogens (primary N) is 2. The molecule has 0 saturated heterocycles. The number of amides is 1. The van der Waals surface area contributed by atoms with Crippen LogP contribution in [0.1, 0.15) is 23.0 Å². The normalized spacial score (nSPS) is 10.0. The second-order valence-electron chi connectivity index (χ2n) is 2.44. The second kappa shape index (κ2) is 3.90. The molecule has 1 aromatic heterocycles. The molecule has 72 valence electrons. The summed E-state index contributed by atoms with van der Waals surface area (Å²) in [4.78, 5) is 11.3. The van der Waals surface area contributed by atoms with E-state index < -0.39 is 0 Å². The summed E-state index contributed by atoms with van der Waals surface area (Å²) in [5.41, 5.74) is 11.4. The number of carbonyl (C=O) groups excluding carboxylic acids is 1. The second-order valence-corrected chi connectivity index (χ2v) is 2.44. The molecule has 6 nitrogen and oxygen atoms in total. The molecule has 0 saturated carbocycles. The first-order valence-corrected chi connectivity index (χ1v) is 3.93. The van der Waals surface area contributed by atoms with Crippen molar-refractivity contribution in [3.63, 3.8) is 0 Å². The highest BCUT2D eigenvalue weighted by atomic mass is 16.5. The lowest BCUT2D eigenvalue weighted by molar-refractivity contribution is 0.0946. The number of aromatic nitrogens is 1. The summed E-state index contributed by atoms with van der Waals surface area (Å²) in [6, 6.07) is 0. The number of nitrogens with one attached hydrogen (secondary N) is 1. The van der Waals surface area contributed by atoms with Gasteiger partial charge in [-0.05, 0) is 6.92 Å². The summed E-state index contributed by atoms with van der Waals surface area (Å²) in [7, 11) is 0. The smallest absolute Gasteiger partial charge is 0.273 e. The molecule has 0 bridgehead atoms. The summed E-state index contributed by atoms with van der Waals surface area (Å²) in [6.45, 7) is 2.47. The van der Waals surface area contributed by atoms with E-state index in [9.17, 15) is 4.79 Å². The maximum atomic E-state index is 11.3. The first kappa shape index (κ1) is 9.53. The van der Waals surface area contributed by atoms with Crippen LogP contribution < -0.4 is 16.8 Å². The van der Waals surface area contributed by atoms with Crippen molar-refractivity contribution in [1.82, 2.24) is 10.5 Å². The molecule has 13 heavy (non-hydrogen) atoms. The van der Waals surface area contributed by atoms with Gasteiger partial charge in [0.2, 0.25) is 5.88 Å². The molecule has 0 aliphatic rings. The molecule has 0 aliphatic carbocycles. The molecule has 1 rings (SSSR count). The minimum atomic E-state index is -0.316. The van der Waals surface area contributed by atoms with Crippen molar-refractivity contribution < 1.29 is 9.32 Å². The van der Waals surface area contributed by atoms with E-state index in [1.165, 1.54) is 0 Å². The van der Waals surface area contributed by atoms with Gasteiger partial charge < -0.3 is 21.3 Å². The van der Waals surface area contributed by atoms with Gasteiger partial charge in [-0.2, -0.15) is 0 Å². The zero-order valence-electron chi connectivity index (χ0n) is 7.33. The van der Waals surface area contributed by atoms with Crippen LogP contribution in [0.5, 0.6) is 0 Å². The van der Waals surface area contributed by atoms with Crippen molar-refractivity contribution in [2.45, 2.75) is 13.5 Å². The minimum absolute atomic E-state index is 0.101. The predicted molar refractivity (Wildman–Crippen MR) is 46.8 cm³/mol. The average Bonchev–Trinajstić information content (AvgIpc) is 2.47. The first-order valence-electron chi connectivity index (χ1n) is 3.93. The number of anilines is 1. The van der Waals surface area contributed by atoms with E-state index >= 15 is 0 Å². The molecule has 6 heteroatoms. The third kappa shape index (κ3) is 1.78. The summed E-state index contributed by atoms with van der Waals surface area (Å²) < 4.78 is 4.64. The molecular weight excluding hydrogens is 172 g/mol. The predicted octanol–water partition coefficient (Wildman–Crippen LogP) is -0.535. The van der Waals surface area contributed by atoms with E-state index in [0.717, 1.165) is 0 Å². The number of carbonyl (C=O) groups is 1. The lowest BCUT2D eigenvalue weighted by Gasteiger charge is -1.98. The molecule has 1 amide bonds. The van der Waals surface area contributed by atoms with Gasteiger partial charge in [0.05, 0.1) is 5.56 Å². The number of nitrogen functional groups attached to an aromatic ring is 1. The molecule has 0 spiro atoms. The zero-order valence-corrected chi connectivity index (χ0v) is 7.33. The Hall–Kier alpha value is -1.56. The fourth-order valence-electron chi connectivity index (χ4n) is 0.942. The van der Waals surface area contributed by atoms with Crippen molar-refractivity contribution in [3.05, 3.63) is 11.3 Å². The Morgan fingerprint density at radius 1 is 1.69 bits per heavy atom. The molecule has 1 heterocycles. The zero-order chi connectivity index (χ0) is 9.84. The Morgan fingerprint density at radius 3 is 2.92 bits per heavy atom. The molecule has 5 N–H and O–H groups in total. The molecule has 0 fully saturated rings. The molecule has 0 aromatic carbocycles. The van der Waals surface area contributed by atoms with E-state index in [4.69, 9.17) is 11.5 Å². The van der Waals surface area contributed by atoms with Crippen LogP contribution in [0.15, 0.2) is 4.52 Å². The molecule has 0 aliphatic heterocycles. The van der Waals surface area contributed by atoms with Crippen LogP contribution in [-0.4, -0.2) is 17.6 Å². The van der Waals surface area contributed by atoms with Gasteiger partial charge in [-0.25, -0.2) is 0 Å². The summed E-state index contributed by atoms with van der Waals surface area (Å²) in [6.07, 6.45) is 0. The largest absolute Gasteiger partial charge is 0.367 e. The van der Waals surface area contributed by atoms with Crippen molar-refractivity contribution in [1.29, 1.82) is 0 Å². The van der Waals surface area contributed by atoms with E-state index in [-0.39, 0.29) is 24.0 Å². The molecule has 0 atom stereocenters. The number of hydrogen-bond donors (Lipinski definition) is 3. The monoisotopic (exact) mass is 184 g/mol. The molecular formula is C7H12N4O2. The summed E-state index contributed by atoms with van der Waals surface area (Å²) >= 11 is 0. The Kier molecular flexibility index (Phi) is 2.86. The maximum absolute atomic E-state index is 11.3. The number of nitrogens with zero attached hydrogens (tertiary/aromatic N) is 1. The van der Waals surface area contributed by atoms with E-state index in [1.807, 2.05) is 6.92 Å². The lowest BCUT2D eigenvalue weighted by Crippen LogP contribution is -2.24. The third-order valence-corrected chi connectivity index (χ3v) is 1.58. The van der Waals surface area contributed by atoms with Crippen LogP contribution in [0.2, 0.25) is 0 Å². The topological polar surface area (TPSA) is 107 Å². The SMILES string of the molecule is CCNC(=O)c1noc(N)c1CN. The fourth-order valence-corrected chi connectivity index (χ4v) is 0.942. The minimum Gasteiger partial charge on any atom is -0.367 e. The van der Waals surface area contributed by atoms with Crippen molar-refractivity contribution >= 4 is 11.8 Å². The summed E-state index contributed by atoms with van der Waals surface area (Å²) in [5, 5.41) is 6.09. The first-order chi connectivity index (χ1) is 6.20. The Morgan fingerprint density at radius 2 is 2.38 bits per heavy atom. The Bertz CT molecular complexity index is 307. The highest BCUT2D eigenvalue weighted by molar-refractivity contribution is 5.94. The quantitative estimate of drug-likeness (QED) is 0.585. The molecule has 1 aromatic rings. The molecule has 0 radical (unpaired) electrons. The van der Waals surface area contributed by atoms with E-state index in [0.29, 0.717) is 12.1 Å². The van der Waals surface area contributed by atoms with Gasteiger partial charge in [0.1, 0.15) is 0 Å². The van der Waals surface area contributed by atoms with E-state index in [1.54, 1.807) is 0 Å². The molecule has 0 unspecified atom stereocenters. The fraction of sp³-hybridized carbons (Fsp3) is 0.429. The van der Waals surface area contributed by atoms with Gasteiger partial charge >= 0.3 is 0 Å². The average molecular weight is 184 g/mol. The van der Waals surface area contributed by atoms with Gasteiger partial charge in [0, 0.05) is 13.1 Å². The van der Waals surface area contributed by atoms with Gasteiger partial charge in [-0.3, -0.25) is 4.79 Å². The number of rotatable bonds is 3. The summed E-state index contributed by atoms with van der Waals surface area (Å²) in [5.74, 6) is -0.216. The van der Waals surface area contributed by atoms with Crippen molar-refractivity contribution in [2.24, 2.45) is 5.73 Å². The Balaban J connectivity index is 2.93. The maximum Gasteiger partial charge on any atom is 0.273 e. The van der Waals surface area contributed by atoms with Gasteiger partial charge in [-0.1, -0.05) is 5.16 Å². The van der Waals surface area contributed by atoms with Crippen LogP contribution in [-0.2, 0) is 6.54 Å². The van der Waals surface area contributed by atoms with Crippen molar-refractivity contribution in [3.8, 4) is 0 Å². The highest BCUT2D eigenvalue weighted by Gasteiger charge is 2.18. The standard InChI is InChI=1S/C7H12N4O2/c1-2-10-7(12)5-4(3-8)6(9)13-11-5/h2-3,8-9H2,1H3,(H,10,12). The Labute approximate surface area is 75.2 Å². The van der Waals surface area contributed by atoms with Crippen LogP contribution >= 0.6 is 0 Å². The van der Waals surface area contributed by atoms with Crippen LogP contribution in [0.25, 0.3) is 0 Å². The highest BCUT2D eigenvalue weighted by Crippen LogP contribution is 2.14. The van der Waals surface area contributed by atoms with Crippen LogP contribution in [0.3, 0.4) is 0 Å². The van der Waals surface area contributed by atoms with Gasteiger partial charge in [-0.15, -0.1) is 0 Å².